The number of nitriles is 2. The number of allylic oxidation sites excluding steroid dienone is 5. The van der Waals surface area contributed by atoms with Gasteiger partial charge in [0.1, 0.15) is 0 Å². The lowest BCUT2D eigenvalue weighted by atomic mass is 10.1. The molecular formula is C34H33N3OS. The molecule has 0 unspecified atom stereocenters. The second-order valence-electron chi connectivity index (χ2n) is 7.54. The van der Waals surface area contributed by atoms with Crippen molar-refractivity contribution in [2.75, 3.05) is 0 Å². The lowest BCUT2D eigenvalue weighted by Crippen LogP contribution is -1.82. The molecule has 196 valence electrons. The number of benzene rings is 2. The Morgan fingerprint density at radius 2 is 1.38 bits per heavy atom. The van der Waals surface area contributed by atoms with E-state index in [1.807, 2.05) is 91.2 Å². The molecular weight excluding hydrogens is 498 g/mol. The maximum atomic E-state index is 8.82. The molecule has 1 N–H and O–H groups in total. The highest BCUT2D eigenvalue weighted by molar-refractivity contribution is 7.10. The van der Waals surface area contributed by atoms with Gasteiger partial charge in [-0.2, -0.15) is 10.5 Å². The standard InChI is InChI=1S/C12H11NO.C12H11N.C9H7NS.CH4/c1-2-10(8-13)7-11-3-5-12(9-14)6-4-11;1-3-11(9-13)8-12-6-4-10(2)5-7-12;1-3-8(10-2)7-9-5-4-6-11-9;/h2-7,14H,1,9H2;3-8H,1H2,2H3;3-7H,1H2;1H4/b10-7-;11-8-;8-7-;. The minimum Gasteiger partial charge on any atom is -0.392 e. The van der Waals surface area contributed by atoms with Crippen LogP contribution >= 0.6 is 11.3 Å². The SMILES string of the molecule is C.C=C/C(C#N)=C/c1ccc(C)cc1.C=C/C(C#N)=C/c1ccc(CO)cc1.[C-]#[N+]/C(C=C)=C\c1cccs1. The van der Waals surface area contributed by atoms with Crippen LogP contribution in [0.1, 0.15) is 34.6 Å². The average Bonchev–Trinajstić information content (AvgIpc) is 3.48. The number of hydrogen-bond acceptors (Lipinski definition) is 4. The molecule has 0 amide bonds. The normalized spacial score (nSPS) is 10.4. The van der Waals surface area contributed by atoms with Gasteiger partial charge in [0.15, 0.2) is 5.70 Å². The Morgan fingerprint density at radius 1 is 0.872 bits per heavy atom. The van der Waals surface area contributed by atoms with E-state index >= 15 is 0 Å². The largest absolute Gasteiger partial charge is 0.392 e. The molecule has 2 aromatic carbocycles. The van der Waals surface area contributed by atoms with Crippen molar-refractivity contribution >= 4 is 29.6 Å². The van der Waals surface area contributed by atoms with E-state index in [0.29, 0.717) is 16.8 Å². The summed E-state index contributed by atoms with van der Waals surface area (Å²) in [5.41, 5.74) is 5.74. The van der Waals surface area contributed by atoms with Crippen molar-refractivity contribution in [3.8, 4) is 12.1 Å². The summed E-state index contributed by atoms with van der Waals surface area (Å²) in [6, 6.07) is 23.4. The van der Waals surface area contributed by atoms with Crippen LogP contribution in [0.4, 0.5) is 0 Å². The average molecular weight is 532 g/mol. The summed E-state index contributed by atoms with van der Waals surface area (Å²) in [7, 11) is 0. The van der Waals surface area contributed by atoms with Crippen LogP contribution < -0.4 is 0 Å². The smallest absolute Gasteiger partial charge is 0.188 e. The van der Waals surface area contributed by atoms with Gasteiger partial charge in [0.25, 0.3) is 0 Å². The number of aryl methyl sites for hydroxylation is 1. The van der Waals surface area contributed by atoms with Gasteiger partial charge in [-0.3, -0.25) is 0 Å². The quantitative estimate of drug-likeness (QED) is 0.188. The van der Waals surface area contributed by atoms with Gasteiger partial charge in [-0.1, -0.05) is 99.0 Å². The van der Waals surface area contributed by atoms with Crippen LogP contribution in [0.2, 0.25) is 0 Å². The van der Waals surface area contributed by atoms with Gasteiger partial charge in [-0.15, -0.1) is 17.9 Å². The molecule has 39 heavy (non-hydrogen) atoms. The molecule has 0 aliphatic carbocycles. The maximum absolute atomic E-state index is 8.82. The predicted molar refractivity (Wildman–Crippen MR) is 167 cm³/mol. The fourth-order valence-corrected chi connectivity index (χ4v) is 3.33. The summed E-state index contributed by atoms with van der Waals surface area (Å²) in [6.07, 6.45) is 10.0. The summed E-state index contributed by atoms with van der Waals surface area (Å²) in [6.45, 7) is 19.4. The summed E-state index contributed by atoms with van der Waals surface area (Å²) in [5.74, 6) is 0. The predicted octanol–water partition coefficient (Wildman–Crippen LogP) is 9.19. The van der Waals surface area contributed by atoms with Gasteiger partial charge in [0, 0.05) is 4.88 Å². The zero-order valence-electron chi connectivity index (χ0n) is 21.3. The number of rotatable bonds is 7. The van der Waals surface area contributed by atoms with E-state index in [-0.39, 0.29) is 14.0 Å². The highest BCUT2D eigenvalue weighted by atomic mass is 32.1. The Balaban J connectivity index is 0.000000552. The molecule has 0 spiro atoms. The first-order valence-electron chi connectivity index (χ1n) is 11.4. The zero-order chi connectivity index (χ0) is 28.2. The summed E-state index contributed by atoms with van der Waals surface area (Å²) in [4.78, 5) is 4.37. The van der Waals surface area contributed by atoms with Gasteiger partial charge in [-0.25, -0.2) is 4.85 Å². The Bertz CT molecular complexity index is 1400. The molecule has 5 heteroatoms. The van der Waals surface area contributed by atoms with Gasteiger partial charge >= 0.3 is 0 Å². The van der Waals surface area contributed by atoms with Crippen molar-refractivity contribution in [1.82, 2.24) is 0 Å². The number of thiophene rings is 1. The third-order valence-electron chi connectivity index (χ3n) is 4.75. The molecule has 1 heterocycles. The van der Waals surface area contributed by atoms with Crippen LogP contribution in [0.15, 0.2) is 121 Å². The Morgan fingerprint density at radius 3 is 1.74 bits per heavy atom. The second kappa shape index (κ2) is 20.1. The molecule has 0 fully saturated rings. The molecule has 3 rings (SSSR count). The van der Waals surface area contributed by atoms with Crippen LogP contribution in [-0.2, 0) is 6.61 Å². The molecule has 0 bridgehead atoms. The van der Waals surface area contributed by atoms with Gasteiger partial charge in [-0.05, 0) is 53.3 Å². The summed E-state index contributed by atoms with van der Waals surface area (Å²) < 4.78 is 0. The molecule has 0 saturated heterocycles. The summed E-state index contributed by atoms with van der Waals surface area (Å²) >= 11 is 1.61. The highest BCUT2D eigenvalue weighted by Gasteiger charge is 1.93. The van der Waals surface area contributed by atoms with Gasteiger partial charge in [0.05, 0.1) is 36.5 Å². The highest BCUT2D eigenvalue weighted by Crippen LogP contribution is 2.14. The van der Waals surface area contributed by atoms with E-state index in [9.17, 15) is 0 Å². The van der Waals surface area contributed by atoms with Gasteiger partial charge < -0.3 is 5.11 Å². The fraction of sp³-hybridized carbons (Fsp3) is 0.0882. The Kier molecular flexibility index (Phi) is 17.5. The number of aliphatic hydroxyl groups is 1. The van der Waals surface area contributed by atoms with Crippen LogP contribution in [-0.4, -0.2) is 5.11 Å². The first kappa shape index (κ1) is 34.0. The fourth-order valence-electron chi connectivity index (χ4n) is 2.67. The molecule has 1 aromatic heterocycles. The van der Waals surface area contributed by atoms with Crippen molar-refractivity contribution < 1.29 is 5.11 Å². The third-order valence-corrected chi connectivity index (χ3v) is 5.57. The minimum atomic E-state index is 0. The second-order valence-corrected chi connectivity index (χ2v) is 8.52. The van der Waals surface area contributed by atoms with Crippen molar-refractivity contribution in [3.63, 3.8) is 0 Å². The van der Waals surface area contributed by atoms with Crippen LogP contribution in [0.3, 0.4) is 0 Å². The number of hydrogen-bond donors (Lipinski definition) is 1. The van der Waals surface area contributed by atoms with Crippen LogP contribution in [0.5, 0.6) is 0 Å². The zero-order valence-corrected chi connectivity index (χ0v) is 22.2. The van der Waals surface area contributed by atoms with Crippen molar-refractivity contribution in [3.05, 3.63) is 159 Å². The molecule has 0 saturated carbocycles. The molecule has 0 aliphatic rings. The molecule has 0 radical (unpaired) electrons. The van der Waals surface area contributed by atoms with Crippen molar-refractivity contribution in [2.45, 2.75) is 21.0 Å². The number of nitrogens with zero attached hydrogens (tertiary/aromatic N) is 3. The molecule has 3 aromatic rings. The van der Waals surface area contributed by atoms with E-state index in [2.05, 4.69) is 30.7 Å². The van der Waals surface area contributed by atoms with E-state index in [1.165, 1.54) is 11.6 Å². The maximum Gasteiger partial charge on any atom is 0.188 e. The van der Waals surface area contributed by atoms with Crippen LogP contribution in [0, 0.1) is 36.2 Å². The minimum absolute atomic E-state index is 0. The monoisotopic (exact) mass is 531 g/mol. The molecule has 0 atom stereocenters. The van der Waals surface area contributed by atoms with E-state index in [4.69, 9.17) is 22.2 Å². The first-order chi connectivity index (χ1) is 18.4. The van der Waals surface area contributed by atoms with Crippen molar-refractivity contribution in [2.24, 2.45) is 0 Å². The van der Waals surface area contributed by atoms with E-state index < -0.39 is 0 Å². The van der Waals surface area contributed by atoms with E-state index in [0.717, 1.165) is 21.6 Å². The lowest BCUT2D eigenvalue weighted by Gasteiger charge is -1.97. The molecule has 4 nitrogen and oxygen atoms in total. The number of aliphatic hydroxyl groups excluding tert-OH is 1. The van der Waals surface area contributed by atoms with E-state index in [1.54, 1.807) is 29.6 Å². The van der Waals surface area contributed by atoms with Crippen LogP contribution in [0.25, 0.3) is 23.1 Å². The van der Waals surface area contributed by atoms with Gasteiger partial charge in [0.2, 0.25) is 0 Å². The Hall–Kier alpha value is -4.99. The third kappa shape index (κ3) is 13.8. The van der Waals surface area contributed by atoms with Crippen molar-refractivity contribution in [1.29, 1.82) is 10.5 Å². The lowest BCUT2D eigenvalue weighted by molar-refractivity contribution is 0.282. The molecule has 0 aliphatic heterocycles. The topological polar surface area (TPSA) is 72.2 Å². The Labute approximate surface area is 237 Å². The summed E-state index contributed by atoms with van der Waals surface area (Å²) in [5, 5.41) is 28.1. The first-order valence-corrected chi connectivity index (χ1v) is 12.3.